The van der Waals surface area contributed by atoms with Gasteiger partial charge >= 0.3 is 0 Å². The van der Waals surface area contributed by atoms with E-state index in [1.807, 2.05) is 11.8 Å². The van der Waals surface area contributed by atoms with Crippen molar-refractivity contribution in [2.75, 3.05) is 13.1 Å². The Morgan fingerprint density at radius 3 is 2.69 bits per heavy atom. The third kappa shape index (κ3) is 3.83. The van der Waals surface area contributed by atoms with Crippen molar-refractivity contribution in [3.63, 3.8) is 0 Å². The first-order valence-corrected chi connectivity index (χ1v) is 5.38. The monoisotopic (exact) mass is 244 g/mol. The Labute approximate surface area is 99.0 Å². The predicted molar refractivity (Wildman–Crippen MR) is 64.1 cm³/mol. The van der Waals surface area contributed by atoms with Crippen molar-refractivity contribution in [1.82, 2.24) is 4.90 Å². The summed E-state index contributed by atoms with van der Waals surface area (Å²) in [7, 11) is 0. The first kappa shape index (κ1) is 13.0. The SMILES string of the molecule is CCN(CC(N)=S)Cc1cc(F)ccc1F. The second-order valence-electron chi connectivity index (χ2n) is 3.51. The summed E-state index contributed by atoms with van der Waals surface area (Å²) in [6, 6.07) is 3.42. The minimum atomic E-state index is -0.442. The molecule has 0 atom stereocenters. The van der Waals surface area contributed by atoms with Crippen LogP contribution in [-0.4, -0.2) is 23.0 Å². The second kappa shape index (κ2) is 5.86. The molecule has 88 valence electrons. The number of nitrogens with zero attached hydrogens (tertiary/aromatic N) is 1. The lowest BCUT2D eigenvalue weighted by Crippen LogP contribution is -2.32. The van der Waals surface area contributed by atoms with Crippen molar-refractivity contribution in [3.05, 3.63) is 35.4 Å². The molecule has 0 saturated heterocycles. The van der Waals surface area contributed by atoms with Crippen LogP contribution in [0.15, 0.2) is 18.2 Å². The van der Waals surface area contributed by atoms with Crippen LogP contribution in [-0.2, 0) is 6.54 Å². The lowest BCUT2D eigenvalue weighted by Gasteiger charge is -2.19. The van der Waals surface area contributed by atoms with E-state index in [0.717, 1.165) is 12.1 Å². The second-order valence-corrected chi connectivity index (χ2v) is 4.03. The largest absolute Gasteiger partial charge is 0.392 e. The Hall–Kier alpha value is -1.07. The molecule has 2 nitrogen and oxygen atoms in total. The number of hydrogen-bond donors (Lipinski definition) is 1. The van der Waals surface area contributed by atoms with Crippen molar-refractivity contribution in [1.29, 1.82) is 0 Å². The molecule has 0 spiro atoms. The van der Waals surface area contributed by atoms with Gasteiger partial charge in [-0.15, -0.1) is 0 Å². The standard InChI is InChI=1S/C11H14F2N2S/c1-2-15(7-11(14)16)6-8-5-9(12)3-4-10(8)13/h3-5H,2,6-7H2,1H3,(H2,14,16). The van der Waals surface area contributed by atoms with Crippen LogP contribution < -0.4 is 5.73 Å². The minimum absolute atomic E-state index is 0.303. The highest BCUT2D eigenvalue weighted by atomic mass is 32.1. The number of nitrogens with two attached hydrogens (primary N) is 1. The average molecular weight is 244 g/mol. The Morgan fingerprint density at radius 2 is 2.12 bits per heavy atom. The molecule has 0 saturated carbocycles. The molecule has 2 N–H and O–H groups in total. The maximum absolute atomic E-state index is 13.3. The molecule has 0 radical (unpaired) electrons. The third-order valence-electron chi connectivity index (χ3n) is 2.23. The molecule has 0 heterocycles. The molecule has 1 aromatic carbocycles. The maximum atomic E-state index is 13.3. The molecule has 1 rings (SSSR count). The molecule has 0 aliphatic rings. The van der Waals surface area contributed by atoms with Gasteiger partial charge in [0.2, 0.25) is 0 Å². The molecule has 0 aliphatic carbocycles. The summed E-state index contributed by atoms with van der Waals surface area (Å²) in [6.45, 7) is 3.29. The Bertz CT molecular complexity index is 382. The normalized spacial score (nSPS) is 10.8. The van der Waals surface area contributed by atoms with Gasteiger partial charge in [-0.2, -0.15) is 0 Å². The minimum Gasteiger partial charge on any atom is -0.392 e. The first-order valence-electron chi connectivity index (χ1n) is 4.97. The zero-order chi connectivity index (χ0) is 12.1. The van der Waals surface area contributed by atoms with Crippen LogP contribution in [0.5, 0.6) is 0 Å². The summed E-state index contributed by atoms with van der Waals surface area (Å²) >= 11 is 4.78. The van der Waals surface area contributed by atoms with Gasteiger partial charge in [-0.25, -0.2) is 8.78 Å². The van der Waals surface area contributed by atoms with Gasteiger partial charge in [-0.1, -0.05) is 19.1 Å². The lowest BCUT2D eigenvalue weighted by molar-refractivity contribution is 0.315. The van der Waals surface area contributed by atoms with Gasteiger partial charge in [0, 0.05) is 18.7 Å². The zero-order valence-corrected chi connectivity index (χ0v) is 9.86. The summed E-state index contributed by atoms with van der Waals surface area (Å²) in [6.07, 6.45) is 0. The number of halogens is 2. The van der Waals surface area contributed by atoms with E-state index in [9.17, 15) is 8.78 Å². The lowest BCUT2D eigenvalue weighted by atomic mass is 10.2. The molecule has 0 amide bonds. The maximum Gasteiger partial charge on any atom is 0.127 e. The van der Waals surface area contributed by atoms with Crippen molar-refractivity contribution in [3.8, 4) is 0 Å². The van der Waals surface area contributed by atoms with Gasteiger partial charge < -0.3 is 5.73 Å². The molecule has 1 aromatic rings. The fraction of sp³-hybridized carbons (Fsp3) is 0.364. The number of hydrogen-bond acceptors (Lipinski definition) is 2. The molecular weight excluding hydrogens is 230 g/mol. The van der Waals surface area contributed by atoms with E-state index < -0.39 is 11.6 Å². The van der Waals surface area contributed by atoms with Gasteiger partial charge in [-0.05, 0) is 24.7 Å². The zero-order valence-electron chi connectivity index (χ0n) is 9.04. The van der Waals surface area contributed by atoms with Crippen molar-refractivity contribution in [2.24, 2.45) is 5.73 Å². The Morgan fingerprint density at radius 1 is 1.44 bits per heavy atom. The summed E-state index contributed by atoms with van der Waals surface area (Å²) in [4.78, 5) is 2.19. The van der Waals surface area contributed by atoms with Crippen LogP contribution in [0.25, 0.3) is 0 Å². The van der Waals surface area contributed by atoms with E-state index in [4.69, 9.17) is 18.0 Å². The number of benzene rings is 1. The fourth-order valence-corrected chi connectivity index (χ4v) is 1.59. The highest BCUT2D eigenvalue weighted by Gasteiger charge is 2.09. The molecular formula is C11H14F2N2S. The number of rotatable bonds is 5. The fourth-order valence-electron chi connectivity index (χ4n) is 1.41. The van der Waals surface area contributed by atoms with Gasteiger partial charge in [-0.3, -0.25) is 4.90 Å². The molecule has 0 bridgehead atoms. The van der Waals surface area contributed by atoms with Gasteiger partial charge in [0.1, 0.15) is 11.6 Å². The highest BCUT2D eigenvalue weighted by molar-refractivity contribution is 7.80. The third-order valence-corrected chi connectivity index (χ3v) is 2.36. The van der Waals surface area contributed by atoms with Crippen LogP contribution in [0.1, 0.15) is 12.5 Å². The van der Waals surface area contributed by atoms with Gasteiger partial charge in [0.15, 0.2) is 0 Å². The van der Waals surface area contributed by atoms with E-state index in [0.29, 0.717) is 30.2 Å². The quantitative estimate of drug-likeness (QED) is 0.804. The van der Waals surface area contributed by atoms with E-state index in [1.54, 1.807) is 0 Å². The topological polar surface area (TPSA) is 29.3 Å². The summed E-state index contributed by atoms with van der Waals surface area (Å²) in [5.41, 5.74) is 5.73. The van der Waals surface area contributed by atoms with Gasteiger partial charge in [0.05, 0.1) is 4.99 Å². The Kier molecular flexibility index (Phi) is 4.76. The Balaban J connectivity index is 2.77. The van der Waals surface area contributed by atoms with Crippen LogP contribution in [0.4, 0.5) is 8.78 Å². The molecule has 0 unspecified atom stereocenters. The van der Waals surface area contributed by atoms with E-state index >= 15 is 0 Å². The van der Waals surface area contributed by atoms with Crippen LogP contribution >= 0.6 is 12.2 Å². The molecule has 0 aromatic heterocycles. The van der Waals surface area contributed by atoms with E-state index in [1.165, 1.54) is 6.07 Å². The molecule has 5 heteroatoms. The smallest absolute Gasteiger partial charge is 0.127 e. The van der Waals surface area contributed by atoms with Crippen molar-refractivity contribution < 1.29 is 8.78 Å². The van der Waals surface area contributed by atoms with E-state index in [-0.39, 0.29) is 0 Å². The average Bonchev–Trinajstić information content (AvgIpc) is 2.21. The summed E-state index contributed by atoms with van der Waals surface area (Å²) in [5.74, 6) is -0.856. The van der Waals surface area contributed by atoms with Crippen molar-refractivity contribution in [2.45, 2.75) is 13.5 Å². The van der Waals surface area contributed by atoms with Crippen LogP contribution in [0.3, 0.4) is 0 Å². The predicted octanol–water partition coefficient (Wildman–Crippen LogP) is 2.07. The van der Waals surface area contributed by atoms with Gasteiger partial charge in [0.25, 0.3) is 0 Å². The number of thiocarbonyl (C=S) groups is 1. The van der Waals surface area contributed by atoms with Crippen LogP contribution in [0.2, 0.25) is 0 Å². The summed E-state index contributed by atoms with van der Waals surface area (Å²) in [5, 5.41) is 0. The van der Waals surface area contributed by atoms with E-state index in [2.05, 4.69) is 0 Å². The molecule has 0 aliphatic heterocycles. The highest BCUT2D eigenvalue weighted by Crippen LogP contribution is 2.12. The van der Waals surface area contributed by atoms with Crippen LogP contribution in [0, 0.1) is 11.6 Å². The number of likely N-dealkylation sites (N-methyl/N-ethyl adjacent to an activating group) is 1. The molecule has 16 heavy (non-hydrogen) atoms. The molecule has 0 fully saturated rings. The summed E-state index contributed by atoms with van der Waals surface area (Å²) < 4.78 is 26.3. The van der Waals surface area contributed by atoms with Crippen molar-refractivity contribution >= 4 is 17.2 Å². The first-order chi connectivity index (χ1) is 7.52.